The van der Waals surface area contributed by atoms with Crippen molar-refractivity contribution in [1.29, 1.82) is 0 Å². The number of aromatic nitrogens is 2. The van der Waals surface area contributed by atoms with Crippen LogP contribution in [0.5, 0.6) is 0 Å². The van der Waals surface area contributed by atoms with Crippen LogP contribution >= 0.6 is 0 Å². The molecule has 0 aliphatic carbocycles. The smallest absolute Gasteiger partial charge is 0.0541 e. The van der Waals surface area contributed by atoms with E-state index in [1.807, 2.05) is 0 Å². The molecule has 12 rings (SSSR count). The molecule has 0 amide bonds. The van der Waals surface area contributed by atoms with Crippen molar-refractivity contribution in [2.45, 2.75) is 13.8 Å². The summed E-state index contributed by atoms with van der Waals surface area (Å²) in [5, 5.41) is 10.3. The molecule has 4 nitrogen and oxygen atoms in total. The molecule has 0 spiro atoms. The number of hydrogen-bond donors (Lipinski definition) is 0. The zero-order valence-corrected chi connectivity index (χ0v) is 36.4. The minimum Gasteiger partial charge on any atom is -0.679 e. The van der Waals surface area contributed by atoms with Crippen molar-refractivity contribution in [3.63, 3.8) is 0 Å². The topological polar surface area (TPSA) is 27.2 Å². The molecule has 0 bridgehead atoms. The maximum Gasteiger partial charge on any atom is 0.0541 e. The first-order valence-corrected chi connectivity index (χ1v) is 22.4. The van der Waals surface area contributed by atoms with Gasteiger partial charge in [-0.1, -0.05) is 146 Å². The number of para-hydroxylation sites is 4. The van der Waals surface area contributed by atoms with Gasteiger partial charge in [0.2, 0.25) is 0 Å². The predicted octanol–water partition coefficient (Wildman–Crippen LogP) is 16.7. The molecule has 0 fully saturated rings. The first-order valence-electron chi connectivity index (χ1n) is 22.4. The lowest BCUT2D eigenvalue weighted by Crippen LogP contribution is -2.11. The second-order valence-electron chi connectivity index (χ2n) is 17.1. The number of aryl methyl sites for hydroxylation is 1. The largest absolute Gasteiger partial charge is 0.679 e. The van der Waals surface area contributed by atoms with Crippen LogP contribution in [-0.2, 0) is 0 Å². The number of hydrogen-bond acceptors (Lipinski definition) is 1. The van der Waals surface area contributed by atoms with E-state index in [2.05, 4.69) is 252 Å². The Morgan fingerprint density at radius 1 is 0.400 bits per heavy atom. The van der Waals surface area contributed by atoms with Crippen LogP contribution in [0.15, 0.2) is 230 Å². The minimum atomic E-state index is 0.583. The van der Waals surface area contributed by atoms with E-state index in [0.29, 0.717) is 6.54 Å². The third kappa shape index (κ3) is 6.61. The molecule has 0 atom stereocenters. The third-order valence-corrected chi connectivity index (χ3v) is 13.1. The third-order valence-electron chi connectivity index (χ3n) is 13.1. The van der Waals surface area contributed by atoms with E-state index in [-0.39, 0.29) is 0 Å². The molecule has 0 radical (unpaired) electrons. The van der Waals surface area contributed by atoms with Gasteiger partial charge >= 0.3 is 0 Å². The Labute approximate surface area is 379 Å². The van der Waals surface area contributed by atoms with Gasteiger partial charge in [0.25, 0.3) is 0 Å². The number of rotatable bonds is 8. The van der Waals surface area contributed by atoms with E-state index >= 15 is 0 Å². The average Bonchev–Trinajstić information content (AvgIpc) is 3.87. The van der Waals surface area contributed by atoms with E-state index in [0.717, 1.165) is 39.6 Å². The molecule has 9 aromatic carbocycles. The number of fused-ring (bicyclic) bond motifs is 6. The van der Waals surface area contributed by atoms with E-state index in [1.54, 1.807) is 0 Å². The second kappa shape index (κ2) is 15.8. The van der Waals surface area contributed by atoms with E-state index in [1.165, 1.54) is 77.1 Å². The van der Waals surface area contributed by atoms with E-state index in [4.69, 9.17) is 5.32 Å². The summed E-state index contributed by atoms with van der Waals surface area (Å²) in [6.45, 7) is 4.98. The fourth-order valence-electron chi connectivity index (χ4n) is 10.1. The van der Waals surface area contributed by atoms with Crippen molar-refractivity contribution >= 4 is 72.1 Å². The second-order valence-corrected chi connectivity index (χ2v) is 17.1. The molecule has 3 heterocycles. The molecule has 4 heteroatoms. The summed E-state index contributed by atoms with van der Waals surface area (Å²) in [5.74, 6) is 0. The first kappa shape index (κ1) is 38.3. The average molecular weight is 834 g/mol. The maximum absolute atomic E-state index is 5.32. The zero-order chi connectivity index (χ0) is 43.4. The number of benzene rings is 9. The Hall–Kier alpha value is -8.34. The van der Waals surface area contributed by atoms with E-state index in [9.17, 15) is 0 Å². The minimum absolute atomic E-state index is 0.583. The molecule has 0 saturated carbocycles. The van der Waals surface area contributed by atoms with Crippen molar-refractivity contribution in [2.75, 3.05) is 11.4 Å². The lowest BCUT2D eigenvalue weighted by molar-refractivity contribution is 1.14. The summed E-state index contributed by atoms with van der Waals surface area (Å²) in [4.78, 5) is 2.31. The van der Waals surface area contributed by atoms with Gasteiger partial charge in [0.15, 0.2) is 0 Å². The van der Waals surface area contributed by atoms with Crippen LogP contribution in [-0.4, -0.2) is 15.7 Å². The van der Waals surface area contributed by atoms with Crippen LogP contribution in [0.25, 0.3) is 88.3 Å². The van der Waals surface area contributed by atoms with Crippen LogP contribution in [0, 0.1) is 6.92 Å². The normalized spacial score (nSPS) is 12.9. The van der Waals surface area contributed by atoms with Crippen LogP contribution in [0.1, 0.15) is 18.1 Å². The van der Waals surface area contributed by atoms with Gasteiger partial charge in [-0.25, -0.2) is 0 Å². The monoisotopic (exact) mass is 833 g/mol. The summed E-state index contributed by atoms with van der Waals surface area (Å²) >= 11 is 0. The van der Waals surface area contributed by atoms with Crippen LogP contribution in [0.3, 0.4) is 0 Å². The Morgan fingerprint density at radius 2 is 0.892 bits per heavy atom. The molecule has 0 saturated heterocycles. The van der Waals surface area contributed by atoms with Gasteiger partial charge in [-0.3, -0.25) is 0 Å². The highest BCUT2D eigenvalue weighted by Crippen LogP contribution is 2.42. The van der Waals surface area contributed by atoms with Gasteiger partial charge in [-0.05, 0) is 138 Å². The Balaban J connectivity index is 0.900. The Morgan fingerprint density at radius 3 is 1.48 bits per heavy atom. The summed E-state index contributed by atoms with van der Waals surface area (Å²) < 4.78 is 4.82. The summed E-state index contributed by atoms with van der Waals surface area (Å²) in [7, 11) is 0. The molecular formula is C61H45N4-. The number of anilines is 3. The predicted molar refractivity (Wildman–Crippen MR) is 276 cm³/mol. The summed E-state index contributed by atoms with van der Waals surface area (Å²) in [6.07, 6.45) is 2.34. The number of nitrogens with zero attached hydrogens (tertiary/aromatic N) is 4. The van der Waals surface area contributed by atoms with Crippen molar-refractivity contribution in [3.8, 4) is 27.9 Å². The van der Waals surface area contributed by atoms with Crippen molar-refractivity contribution in [2.24, 2.45) is 0 Å². The number of allylic oxidation sites excluding steroid dienone is 2. The van der Waals surface area contributed by atoms with Crippen molar-refractivity contribution in [1.82, 2.24) is 9.13 Å². The fourth-order valence-corrected chi connectivity index (χ4v) is 10.1. The van der Waals surface area contributed by atoms with E-state index < -0.39 is 0 Å². The van der Waals surface area contributed by atoms with Crippen LogP contribution in [0.2, 0.25) is 0 Å². The van der Waals surface area contributed by atoms with Gasteiger partial charge in [-0.15, -0.1) is 5.70 Å². The molecule has 310 valence electrons. The lowest BCUT2D eigenvalue weighted by Gasteiger charge is -2.35. The van der Waals surface area contributed by atoms with Gasteiger partial charge in [0, 0.05) is 50.0 Å². The quantitative estimate of drug-likeness (QED) is 0.150. The first-order chi connectivity index (χ1) is 32.1. The van der Waals surface area contributed by atoms with Crippen molar-refractivity contribution < 1.29 is 0 Å². The SMILES string of the molecule is CC1=C(c2ccc(N(c3ccccc3)c3ccccc3)cc2C)[N-]CC(n2c3ccccc3c3cc(-c4ccc5c(c4)c4ccccc4n5-c4ccc(-c5ccccc5)cc4)ccc32)=C1. The van der Waals surface area contributed by atoms with Gasteiger partial charge in [0.05, 0.1) is 22.1 Å². The van der Waals surface area contributed by atoms with Crippen molar-refractivity contribution in [3.05, 3.63) is 246 Å². The highest BCUT2D eigenvalue weighted by Gasteiger charge is 2.19. The maximum atomic E-state index is 5.32. The standard InChI is InChI=1S/C61H45N4/c1-41-36-50(63(47-18-8-4-9-19-47)48-20-10-5-11-21-48)32-33-52(41)61-42(2)37-51(40-62-61)65-58-25-15-13-23-54(58)56-39-46(29-35-60(56)65)45-28-34-59-55(38-45)53-22-12-14-24-57(53)64(59)49-30-26-44(27-31-49)43-16-6-3-7-17-43/h3-39H,40H2,1-2H3/q-1. The zero-order valence-electron chi connectivity index (χ0n) is 36.4. The molecule has 1 aliphatic rings. The van der Waals surface area contributed by atoms with Crippen LogP contribution in [0.4, 0.5) is 17.1 Å². The summed E-state index contributed by atoms with van der Waals surface area (Å²) in [5.41, 5.74) is 19.9. The molecular weight excluding hydrogens is 789 g/mol. The fraction of sp³-hybridized carbons (Fsp3) is 0.0492. The highest BCUT2D eigenvalue weighted by atomic mass is 15.1. The molecule has 2 aromatic heterocycles. The molecule has 1 aliphatic heterocycles. The molecule has 0 N–H and O–H groups in total. The van der Waals surface area contributed by atoms with Gasteiger partial charge < -0.3 is 19.4 Å². The Kier molecular flexibility index (Phi) is 9.31. The lowest BCUT2D eigenvalue weighted by atomic mass is 9.98. The molecule has 11 aromatic rings. The molecule has 0 unspecified atom stereocenters. The summed E-state index contributed by atoms with van der Waals surface area (Å²) in [6, 6.07) is 78.9. The Bertz CT molecular complexity index is 3610. The molecule has 65 heavy (non-hydrogen) atoms. The van der Waals surface area contributed by atoms with Crippen LogP contribution < -0.4 is 4.90 Å². The van der Waals surface area contributed by atoms with Gasteiger partial charge in [-0.2, -0.15) is 0 Å². The highest BCUT2D eigenvalue weighted by molar-refractivity contribution is 6.13. The van der Waals surface area contributed by atoms with Gasteiger partial charge in [0.1, 0.15) is 0 Å².